The molecule has 1 aliphatic heterocycles. The van der Waals surface area contributed by atoms with Crippen LogP contribution in [0, 0.1) is 12.3 Å². The van der Waals surface area contributed by atoms with Crippen LogP contribution in [-0.2, 0) is 6.54 Å². The summed E-state index contributed by atoms with van der Waals surface area (Å²) in [6.45, 7) is 9.79. The van der Waals surface area contributed by atoms with E-state index in [0.29, 0.717) is 5.41 Å². The van der Waals surface area contributed by atoms with E-state index in [1.807, 2.05) is 7.05 Å². The minimum atomic E-state index is 0.404. The highest BCUT2D eigenvalue weighted by Crippen LogP contribution is 2.28. The van der Waals surface area contributed by atoms with E-state index in [2.05, 4.69) is 60.2 Å². The molecule has 19 heavy (non-hydrogen) atoms. The van der Waals surface area contributed by atoms with Gasteiger partial charge in [-0.05, 0) is 24.3 Å². The van der Waals surface area contributed by atoms with Gasteiger partial charge >= 0.3 is 0 Å². The molecule has 1 saturated heterocycles. The number of rotatable bonds is 2. The van der Waals surface area contributed by atoms with Gasteiger partial charge in [0.15, 0.2) is 5.96 Å². The van der Waals surface area contributed by atoms with Gasteiger partial charge in [0.25, 0.3) is 0 Å². The minimum absolute atomic E-state index is 0.404. The van der Waals surface area contributed by atoms with Crippen molar-refractivity contribution >= 4 is 5.96 Å². The topological polar surface area (TPSA) is 27.6 Å². The maximum Gasteiger partial charge on any atom is 0.193 e. The van der Waals surface area contributed by atoms with Crippen LogP contribution < -0.4 is 5.32 Å². The standard InChI is InChI=1S/C16H25N3/c1-13-6-5-7-14(10-13)11-18-15(17-4)19-9-8-16(2,3)12-19/h5-7,10H,8-9,11-12H2,1-4H3,(H,17,18). The molecule has 0 unspecified atom stereocenters. The third-order valence-corrected chi connectivity index (χ3v) is 3.72. The molecule has 0 amide bonds. The number of hydrogen-bond acceptors (Lipinski definition) is 1. The van der Waals surface area contributed by atoms with Gasteiger partial charge in [0.05, 0.1) is 0 Å². The zero-order valence-electron chi connectivity index (χ0n) is 12.5. The Labute approximate surface area is 116 Å². The second-order valence-corrected chi connectivity index (χ2v) is 6.23. The Kier molecular flexibility index (Phi) is 4.13. The van der Waals surface area contributed by atoms with E-state index in [1.165, 1.54) is 17.5 Å². The van der Waals surface area contributed by atoms with Crippen LogP contribution in [0.25, 0.3) is 0 Å². The molecular weight excluding hydrogens is 234 g/mol. The zero-order valence-corrected chi connectivity index (χ0v) is 12.5. The molecule has 104 valence electrons. The highest BCUT2D eigenvalue weighted by atomic mass is 15.3. The molecule has 3 heteroatoms. The lowest BCUT2D eigenvalue weighted by atomic mass is 9.93. The van der Waals surface area contributed by atoms with Crippen molar-refractivity contribution in [1.29, 1.82) is 0 Å². The maximum atomic E-state index is 4.40. The molecule has 1 N–H and O–H groups in total. The first kappa shape index (κ1) is 13.9. The number of nitrogens with zero attached hydrogens (tertiary/aromatic N) is 2. The summed E-state index contributed by atoms with van der Waals surface area (Å²) >= 11 is 0. The van der Waals surface area contributed by atoms with Crippen molar-refractivity contribution in [3.8, 4) is 0 Å². The summed E-state index contributed by atoms with van der Waals surface area (Å²) in [5, 5.41) is 3.47. The minimum Gasteiger partial charge on any atom is -0.352 e. The smallest absolute Gasteiger partial charge is 0.193 e. The van der Waals surface area contributed by atoms with Crippen molar-refractivity contribution in [1.82, 2.24) is 10.2 Å². The summed E-state index contributed by atoms with van der Waals surface area (Å²) in [5.41, 5.74) is 3.01. The molecule has 0 aliphatic carbocycles. The van der Waals surface area contributed by atoms with E-state index < -0.39 is 0 Å². The van der Waals surface area contributed by atoms with Crippen LogP contribution in [0.15, 0.2) is 29.3 Å². The Bertz CT molecular complexity index is 463. The Morgan fingerprint density at radius 1 is 1.42 bits per heavy atom. The summed E-state index contributed by atoms with van der Waals surface area (Å²) in [4.78, 5) is 6.76. The third kappa shape index (κ3) is 3.72. The van der Waals surface area contributed by atoms with E-state index >= 15 is 0 Å². The Morgan fingerprint density at radius 2 is 2.21 bits per heavy atom. The monoisotopic (exact) mass is 259 g/mol. The second kappa shape index (κ2) is 5.64. The van der Waals surface area contributed by atoms with Gasteiger partial charge in [-0.1, -0.05) is 43.7 Å². The van der Waals surface area contributed by atoms with Gasteiger partial charge in [-0.2, -0.15) is 0 Å². The number of nitrogens with one attached hydrogen (secondary N) is 1. The maximum absolute atomic E-state index is 4.40. The quantitative estimate of drug-likeness (QED) is 0.653. The van der Waals surface area contributed by atoms with Crippen LogP contribution >= 0.6 is 0 Å². The number of guanidine groups is 1. The van der Waals surface area contributed by atoms with Gasteiger partial charge in [-0.3, -0.25) is 4.99 Å². The molecule has 0 atom stereocenters. The first-order valence-corrected chi connectivity index (χ1v) is 7.01. The van der Waals surface area contributed by atoms with E-state index in [9.17, 15) is 0 Å². The first-order valence-electron chi connectivity index (χ1n) is 7.01. The van der Waals surface area contributed by atoms with E-state index in [4.69, 9.17) is 0 Å². The summed E-state index contributed by atoms with van der Waals surface area (Å²) in [6.07, 6.45) is 1.23. The molecule has 0 spiro atoms. The summed E-state index contributed by atoms with van der Waals surface area (Å²) in [6, 6.07) is 8.60. The third-order valence-electron chi connectivity index (χ3n) is 3.72. The molecule has 1 aromatic rings. The average Bonchev–Trinajstić information content (AvgIpc) is 2.71. The molecule has 2 rings (SSSR count). The van der Waals surface area contributed by atoms with Gasteiger partial charge in [0.1, 0.15) is 0 Å². The lowest BCUT2D eigenvalue weighted by molar-refractivity contribution is 0.370. The number of aliphatic imine (C=N–C) groups is 1. The van der Waals surface area contributed by atoms with Crippen molar-refractivity contribution in [3.63, 3.8) is 0 Å². The molecule has 1 aromatic carbocycles. The molecule has 0 bridgehead atoms. The predicted octanol–water partition coefficient (Wildman–Crippen LogP) is 2.80. The fraction of sp³-hybridized carbons (Fsp3) is 0.562. The zero-order chi connectivity index (χ0) is 13.9. The molecule has 0 aromatic heterocycles. The Balaban J connectivity index is 1.94. The first-order chi connectivity index (χ1) is 9.00. The van der Waals surface area contributed by atoms with Gasteiger partial charge in [-0.15, -0.1) is 0 Å². The predicted molar refractivity (Wildman–Crippen MR) is 81.3 cm³/mol. The van der Waals surface area contributed by atoms with Crippen LogP contribution in [0.3, 0.4) is 0 Å². The van der Waals surface area contributed by atoms with E-state index in [0.717, 1.165) is 25.6 Å². The second-order valence-electron chi connectivity index (χ2n) is 6.23. The highest BCUT2D eigenvalue weighted by Gasteiger charge is 2.30. The molecule has 1 aliphatic rings. The summed E-state index contributed by atoms with van der Waals surface area (Å²) < 4.78 is 0. The average molecular weight is 259 g/mol. The van der Waals surface area contributed by atoms with E-state index in [1.54, 1.807) is 0 Å². The van der Waals surface area contributed by atoms with Crippen molar-refractivity contribution in [3.05, 3.63) is 35.4 Å². The van der Waals surface area contributed by atoms with Crippen LogP contribution in [-0.4, -0.2) is 31.0 Å². The van der Waals surface area contributed by atoms with Crippen molar-refractivity contribution in [2.45, 2.75) is 33.7 Å². The molecule has 3 nitrogen and oxygen atoms in total. The summed E-state index contributed by atoms with van der Waals surface area (Å²) in [5.74, 6) is 1.02. The van der Waals surface area contributed by atoms with Gasteiger partial charge in [0, 0.05) is 26.7 Å². The Hall–Kier alpha value is -1.51. The Morgan fingerprint density at radius 3 is 2.79 bits per heavy atom. The van der Waals surface area contributed by atoms with Crippen molar-refractivity contribution < 1.29 is 0 Å². The molecule has 1 fully saturated rings. The van der Waals surface area contributed by atoms with Gasteiger partial charge in [0.2, 0.25) is 0 Å². The number of aryl methyl sites for hydroxylation is 1. The van der Waals surface area contributed by atoms with Crippen molar-refractivity contribution in [2.24, 2.45) is 10.4 Å². The lowest BCUT2D eigenvalue weighted by Gasteiger charge is -2.23. The molecule has 0 radical (unpaired) electrons. The lowest BCUT2D eigenvalue weighted by Crippen LogP contribution is -2.40. The fourth-order valence-electron chi connectivity index (χ4n) is 2.63. The largest absolute Gasteiger partial charge is 0.352 e. The van der Waals surface area contributed by atoms with E-state index in [-0.39, 0.29) is 0 Å². The normalized spacial score (nSPS) is 18.7. The van der Waals surface area contributed by atoms with Crippen LogP contribution in [0.5, 0.6) is 0 Å². The van der Waals surface area contributed by atoms with Crippen LogP contribution in [0.1, 0.15) is 31.4 Å². The molecule has 1 heterocycles. The van der Waals surface area contributed by atoms with Gasteiger partial charge in [-0.25, -0.2) is 0 Å². The van der Waals surface area contributed by atoms with Gasteiger partial charge < -0.3 is 10.2 Å². The summed E-state index contributed by atoms with van der Waals surface area (Å²) in [7, 11) is 1.86. The number of hydrogen-bond donors (Lipinski definition) is 1. The SMILES string of the molecule is CN=C(NCc1cccc(C)c1)N1CCC(C)(C)C1. The molecule has 0 saturated carbocycles. The van der Waals surface area contributed by atoms with Crippen molar-refractivity contribution in [2.75, 3.05) is 20.1 Å². The fourth-order valence-corrected chi connectivity index (χ4v) is 2.63. The van der Waals surface area contributed by atoms with Crippen LogP contribution in [0.4, 0.5) is 0 Å². The number of benzene rings is 1. The number of likely N-dealkylation sites (tertiary alicyclic amines) is 1. The highest BCUT2D eigenvalue weighted by molar-refractivity contribution is 5.80. The van der Waals surface area contributed by atoms with Crippen LogP contribution in [0.2, 0.25) is 0 Å². The molecular formula is C16H25N3.